The van der Waals surface area contributed by atoms with E-state index in [9.17, 15) is 5.11 Å². The van der Waals surface area contributed by atoms with Gasteiger partial charge in [0.25, 0.3) is 0 Å². The molecule has 0 heterocycles. The van der Waals surface area contributed by atoms with E-state index in [-0.39, 0.29) is 12.6 Å². The van der Waals surface area contributed by atoms with Crippen LogP contribution in [0.2, 0.25) is 0 Å². The van der Waals surface area contributed by atoms with Gasteiger partial charge in [0.1, 0.15) is 0 Å². The predicted octanol–water partition coefficient (Wildman–Crippen LogP) is 2.01. The monoisotopic (exact) mass is 208 g/mol. The summed E-state index contributed by atoms with van der Waals surface area (Å²) in [4.78, 5) is 0. The quantitative estimate of drug-likeness (QED) is 0.663. The van der Waals surface area contributed by atoms with Crippen LogP contribution < -0.4 is 11.1 Å². The summed E-state index contributed by atoms with van der Waals surface area (Å²) in [5, 5.41) is 12.5. The summed E-state index contributed by atoms with van der Waals surface area (Å²) >= 11 is 0. The van der Waals surface area contributed by atoms with Crippen molar-refractivity contribution < 1.29 is 5.11 Å². The minimum Gasteiger partial charge on any atom is -0.397 e. The van der Waals surface area contributed by atoms with E-state index in [4.69, 9.17) is 5.73 Å². The van der Waals surface area contributed by atoms with Gasteiger partial charge >= 0.3 is 0 Å². The molecule has 0 bridgehead atoms. The molecule has 15 heavy (non-hydrogen) atoms. The average molecular weight is 208 g/mol. The maximum absolute atomic E-state index is 9.24. The Balaban J connectivity index is 2.87. The van der Waals surface area contributed by atoms with Crippen LogP contribution in [-0.2, 0) is 0 Å². The number of hydrogen-bond donors (Lipinski definition) is 3. The number of aryl methyl sites for hydroxylation is 1. The van der Waals surface area contributed by atoms with Gasteiger partial charge in [0.05, 0.1) is 24.0 Å². The van der Waals surface area contributed by atoms with Crippen molar-refractivity contribution in [3.05, 3.63) is 23.8 Å². The Morgan fingerprint density at radius 2 is 2.07 bits per heavy atom. The zero-order valence-electron chi connectivity index (χ0n) is 9.62. The highest BCUT2D eigenvalue weighted by atomic mass is 16.3. The van der Waals surface area contributed by atoms with Crippen LogP contribution in [0.3, 0.4) is 0 Å². The van der Waals surface area contributed by atoms with Gasteiger partial charge in [-0.05, 0) is 24.5 Å². The summed E-state index contributed by atoms with van der Waals surface area (Å²) in [5.41, 5.74) is 8.65. The van der Waals surface area contributed by atoms with Gasteiger partial charge in [-0.25, -0.2) is 0 Å². The van der Waals surface area contributed by atoms with E-state index in [1.165, 1.54) is 0 Å². The summed E-state index contributed by atoms with van der Waals surface area (Å²) in [6, 6.07) is 5.85. The summed E-state index contributed by atoms with van der Waals surface area (Å²) in [6.45, 7) is 6.27. The maximum atomic E-state index is 9.24. The first-order chi connectivity index (χ1) is 7.06. The molecule has 0 aliphatic carbocycles. The summed E-state index contributed by atoms with van der Waals surface area (Å²) in [6.07, 6.45) is 0. The van der Waals surface area contributed by atoms with E-state index in [1.807, 2.05) is 25.1 Å². The van der Waals surface area contributed by atoms with Gasteiger partial charge in [0.15, 0.2) is 0 Å². The van der Waals surface area contributed by atoms with Crippen LogP contribution in [0.15, 0.2) is 18.2 Å². The van der Waals surface area contributed by atoms with Gasteiger partial charge in [-0.2, -0.15) is 0 Å². The van der Waals surface area contributed by atoms with E-state index in [2.05, 4.69) is 19.2 Å². The maximum Gasteiger partial charge on any atom is 0.0635 e. The molecule has 1 aromatic rings. The van der Waals surface area contributed by atoms with E-state index in [0.717, 1.165) is 16.9 Å². The Hall–Kier alpha value is -1.22. The molecule has 0 radical (unpaired) electrons. The third kappa shape index (κ3) is 2.86. The van der Waals surface area contributed by atoms with Crippen LogP contribution in [0.5, 0.6) is 0 Å². The van der Waals surface area contributed by atoms with Crippen molar-refractivity contribution in [2.24, 2.45) is 5.92 Å². The highest BCUT2D eigenvalue weighted by Gasteiger charge is 2.13. The van der Waals surface area contributed by atoms with Crippen molar-refractivity contribution >= 4 is 11.4 Å². The third-order valence-corrected chi connectivity index (χ3v) is 2.64. The Labute approximate surface area is 91.3 Å². The fourth-order valence-corrected chi connectivity index (χ4v) is 1.50. The second kappa shape index (κ2) is 5.03. The van der Waals surface area contributed by atoms with E-state index >= 15 is 0 Å². The molecule has 0 aliphatic rings. The van der Waals surface area contributed by atoms with Crippen molar-refractivity contribution in [3.8, 4) is 0 Å². The molecule has 3 nitrogen and oxygen atoms in total. The minimum atomic E-state index is 0.0494. The number of para-hydroxylation sites is 1. The Kier molecular flexibility index (Phi) is 3.97. The molecule has 0 aliphatic heterocycles. The molecule has 0 saturated heterocycles. The number of nitrogens with two attached hydrogens (primary N) is 1. The molecule has 84 valence electrons. The van der Waals surface area contributed by atoms with Crippen molar-refractivity contribution in [1.29, 1.82) is 0 Å². The molecule has 1 rings (SSSR count). The summed E-state index contributed by atoms with van der Waals surface area (Å²) < 4.78 is 0. The number of aliphatic hydroxyl groups excluding tert-OH is 1. The molecule has 0 aromatic heterocycles. The number of nitrogen functional groups attached to an aromatic ring is 1. The van der Waals surface area contributed by atoms with Crippen molar-refractivity contribution in [2.45, 2.75) is 26.8 Å². The summed E-state index contributed by atoms with van der Waals surface area (Å²) in [5.74, 6) is 0.369. The Morgan fingerprint density at radius 1 is 1.40 bits per heavy atom. The van der Waals surface area contributed by atoms with Gasteiger partial charge < -0.3 is 16.2 Å². The number of aliphatic hydroxyl groups is 1. The smallest absolute Gasteiger partial charge is 0.0635 e. The van der Waals surface area contributed by atoms with Crippen molar-refractivity contribution in [2.75, 3.05) is 17.7 Å². The number of benzene rings is 1. The Morgan fingerprint density at radius 3 is 2.53 bits per heavy atom. The topological polar surface area (TPSA) is 58.3 Å². The molecular formula is C12H20N2O. The van der Waals surface area contributed by atoms with Crippen LogP contribution in [0.1, 0.15) is 19.4 Å². The van der Waals surface area contributed by atoms with Crippen molar-refractivity contribution in [3.63, 3.8) is 0 Å². The SMILES string of the molecule is Cc1cccc(N)c1NC(CO)C(C)C. The molecule has 0 amide bonds. The highest BCUT2D eigenvalue weighted by molar-refractivity contribution is 5.70. The van der Waals surface area contributed by atoms with Gasteiger partial charge in [0.2, 0.25) is 0 Å². The predicted molar refractivity (Wildman–Crippen MR) is 64.9 cm³/mol. The van der Waals surface area contributed by atoms with Crippen molar-refractivity contribution in [1.82, 2.24) is 0 Å². The zero-order chi connectivity index (χ0) is 11.4. The van der Waals surface area contributed by atoms with Gasteiger partial charge in [-0.15, -0.1) is 0 Å². The average Bonchev–Trinajstić information content (AvgIpc) is 2.17. The van der Waals surface area contributed by atoms with Crippen LogP contribution in [0, 0.1) is 12.8 Å². The minimum absolute atomic E-state index is 0.0494. The third-order valence-electron chi connectivity index (χ3n) is 2.64. The molecule has 0 spiro atoms. The molecule has 0 saturated carbocycles. The second-order valence-corrected chi connectivity index (χ2v) is 4.22. The first-order valence-electron chi connectivity index (χ1n) is 5.28. The van der Waals surface area contributed by atoms with E-state index in [1.54, 1.807) is 0 Å². The van der Waals surface area contributed by atoms with Gasteiger partial charge in [-0.1, -0.05) is 26.0 Å². The van der Waals surface area contributed by atoms with Crippen LogP contribution in [0.4, 0.5) is 11.4 Å². The standard InChI is InChI=1S/C12H20N2O/c1-8(2)11(7-15)14-12-9(3)5-4-6-10(12)13/h4-6,8,11,14-15H,7,13H2,1-3H3. The molecule has 1 aromatic carbocycles. The summed E-state index contributed by atoms with van der Waals surface area (Å²) in [7, 11) is 0. The zero-order valence-corrected chi connectivity index (χ0v) is 9.62. The number of hydrogen-bond acceptors (Lipinski definition) is 3. The van der Waals surface area contributed by atoms with Crippen LogP contribution in [-0.4, -0.2) is 17.8 Å². The lowest BCUT2D eigenvalue weighted by atomic mass is 10.0. The molecule has 4 N–H and O–H groups in total. The lowest BCUT2D eigenvalue weighted by Crippen LogP contribution is -2.30. The molecular weight excluding hydrogens is 188 g/mol. The fraction of sp³-hybridized carbons (Fsp3) is 0.500. The lowest BCUT2D eigenvalue weighted by molar-refractivity contribution is 0.249. The van der Waals surface area contributed by atoms with Crippen LogP contribution in [0.25, 0.3) is 0 Å². The van der Waals surface area contributed by atoms with E-state index < -0.39 is 0 Å². The second-order valence-electron chi connectivity index (χ2n) is 4.22. The van der Waals surface area contributed by atoms with Gasteiger partial charge in [0, 0.05) is 0 Å². The highest BCUT2D eigenvalue weighted by Crippen LogP contribution is 2.24. The fourth-order valence-electron chi connectivity index (χ4n) is 1.50. The molecule has 1 unspecified atom stereocenters. The molecule has 3 heteroatoms. The Bertz CT molecular complexity index is 303. The molecule has 0 fully saturated rings. The van der Waals surface area contributed by atoms with E-state index in [0.29, 0.717) is 5.92 Å². The normalized spacial score (nSPS) is 12.9. The molecule has 1 atom stereocenters. The number of rotatable bonds is 4. The lowest BCUT2D eigenvalue weighted by Gasteiger charge is -2.23. The number of anilines is 2. The largest absolute Gasteiger partial charge is 0.397 e. The first-order valence-corrected chi connectivity index (χ1v) is 5.28. The van der Waals surface area contributed by atoms with Gasteiger partial charge in [-0.3, -0.25) is 0 Å². The first kappa shape index (κ1) is 11.9. The number of nitrogens with one attached hydrogen (secondary N) is 1. The van der Waals surface area contributed by atoms with Crippen LogP contribution >= 0.6 is 0 Å².